The van der Waals surface area contributed by atoms with Crippen LogP contribution >= 0.6 is 0 Å². The molecule has 0 saturated heterocycles. The molecule has 5 nitrogen and oxygen atoms in total. The topological polar surface area (TPSA) is 64.4 Å². The molecule has 0 saturated carbocycles. The molecule has 0 fully saturated rings. The molecule has 19 heavy (non-hydrogen) atoms. The van der Waals surface area contributed by atoms with E-state index < -0.39 is 5.92 Å². The lowest BCUT2D eigenvalue weighted by Crippen LogP contribution is -2.39. The van der Waals surface area contributed by atoms with Crippen LogP contribution in [0.1, 0.15) is 11.5 Å². The SMILES string of the molecule is CN(C)C(=O)CN(C)C(=O)C(C#N)c1ccccc1. The highest BCUT2D eigenvalue weighted by molar-refractivity contribution is 5.90. The molecule has 2 amide bonds. The van der Waals surface area contributed by atoms with Gasteiger partial charge in [-0.05, 0) is 5.56 Å². The first kappa shape index (κ1) is 14.7. The van der Waals surface area contributed by atoms with Gasteiger partial charge >= 0.3 is 0 Å². The van der Waals surface area contributed by atoms with Crippen LogP contribution in [-0.2, 0) is 9.59 Å². The van der Waals surface area contributed by atoms with E-state index in [0.717, 1.165) is 0 Å². The fraction of sp³-hybridized carbons (Fsp3) is 0.357. The van der Waals surface area contributed by atoms with Crippen molar-refractivity contribution in [2.45, 2.75) is 5.92 Å². The molecule has 0 spiro atoms. The molecule has 0 aliphatic carbocycles. The molecular formula is C14H17N3O2. The molecular weight excluding hydrogens is 242 g/mol. The Hall–Kier alpha value is -2.35. The van der Waals surface area contributed by atoms with Crippen molar-refractivity contribution in [2.75, 3.05) is 27.7 Å². The minimum Gasteiger partial charge on any atom is -0.347 e. The number of nitriles is 1. The van der Waals surface area contributed by atoms with Gasteiger partial charge in [-0.25, -0.2) is 0 Å². The summed E-state index contributed by atoms with van der Waals surface area (Å²) in [6, 6.07) is 10.8. The summed E-state index contributed by atoms with van der Waals surface area (Å²) < 4.78 is 0. The van der Waals surface area contributed by atoms with Crippen LogP contribution in [-0.4, -0.2) is 49.3 Å². The summed E-state index contributed by atoms with van der Waals surface area (Å²) >= 11 is 0. The lowest BCUT2D eigenvalue weighted by atomic mass is 9.99. The fourth-order valence-corrected chi connectivity index (χ4v) is 1.56. The maximum Gasteiger partial charge on any atom is 0.244 e. The summed E-state index contributed by atoms with van der Waals surface area (Å²) in [4.78, 5) is 26.4. The zero-order chi connectivity index (χ0) is 14.4. The largest absolute Gasteiger partial charge is 0.347 e. The lowest BCUT2D eigenvalue weighted by Gasteiger charge is -2.21. The molecule has 0 aliphatic rings. The van der Waals surface area contributed by atoms with Crippen LogP contribution in [0.25, 0.3) is 0 Å². The summed E-state index contributed by atoms with van der Waals surface area (Å²) in [6.45, 7) is -0.0309. The van der Waals surface area contributed by atoms with E-state index in [2.05, 4.69) is 0 Å². The van der Waals surface area contributed by atoms with Crippen LogP contribution in [0.2, 0.25) is 0 Å². The van der Waals surface area contributed by atoms with Crippen LogP contribution in [0.5, 0.6) is 0 Å². The Morgan fingerprint density at radius 2 is 1.79 bits per heavy atom. The second kappa shape index (κ2) is 6.55. The maximum absolute atomic E-state index is 12.2. The highest BCUT2D eigenvalue weighted by Gasteiger charge is 2.24. The van der Waals surface area contributed by atoms with Gasteiger partial charge in [0, 0.05) is 21.1 Å². The number of hydrogen-bond donors (Lipinski definition) is 0. The van der Waals surface area contributed by atoms with Crippen molar-refractivity contribution in [1.29, 1.82) is 5.26 Å². The van der Waals surface area contributed by atoms with Gasteiger partial charge in [-0.1, -0.05) is 30.3 Å². The van der Waals surface area contributed by atoms with Crippen molar-refractivity contribution in [3.8, 4) is 6.07 Å². The first-order valence-electron chi connectivity index (χ1n) is 5.87. The van der Waals surface area contributed by atoms with E-state index in [1.165, 1.54) is 16.8 Å². The second-order valence-electron chi connectivity index (χ2n) is 4.46. The number of amides is 2. The Morgan fingerprint density at radius 1 is 1.21 bits per heavy atom. The zero-order valence-electron chi connectivity index (χ0n) is 11.3. The molecule has 5 heteroatoms. The van der Waals surface area contributed by atoms with Crippen molar-refractivity contribution in [1.82, 2.24) is 9.80 Å². The van der Waals surface area contributed by atoms with Crippen molar-refractivity contribution in [3.63, 3.8) is 0 Å². The Balaban J connectivity index is 2.81. The molecule has 1 rings (SSSR count). The minimum atomic E-state index is -0.874. The number of benzene rings is 1. The third kappa shape index (κ3) is 3.81. The zero-order valence-corrected chi connectivity index (χ0v) is 11.3. The standard InChI is InChI=1S/C14H17N3O2/c1-16(2)13(18)10-17(3)14(19)12(9-15)11-7-5-4-6-8-11/h4-8,12H,10H2,1-3H3. The molecule has 1 unspecified atom stereocenters. The van der Waals surface area contributed by atoms with Gasteiger partial charge in [-0.2, -0.15) is 5.26 Å². The minimum absolute atomic E-state index is 0.0309. The predicted molar refractivity (Wildman–Crippen MR) is 71.1 cm³/mol. The number of carbonyl (C=O) groups excluding carboxylic acids is 2. The van der Waals surface area contributed by atoms with Crippen LogP contribution < -0.4 is 0 Å². The lowest BCUT2D eigenvalue weighted by molar-refractivity contribution is -0.138. The molecule has 0 N–H and O–H groups in total. The summed E-state index contributed by atoms with van der Waals surface area (Å²) in [6.07, 6.45) is 0. The van der Waals surface area contributed by atoms with Crippen molar-refractivity contribution in [3.05, 3.63) is 35.9 Å². The van der Waals surface area contributed by atoms with Gasteiger partial charge in [-0.3, -0.25) is 9.59 Å². The normalized spacial score (nSPS) is 11.3. The number of nitrogens with zero attached hydrogens (tertiary/aromatic N) is 3. The van der Waals surface area contributed by atoms with Gasteiger partial charge in [0.2, 0.25) is 11.8 Å². The average Bonchev–Trinajstić information content (AvgIpc) is 2.40. The number of carbonyl (C=O) groups is 2. The number of hydrogen-bond acceptors (Lipinski definition) is 3. The van der Waals surface area contributed by atoms with E-state index in [1.807, 2.05) is 12.1 Å². The first-order valence-corrected chi connectivity index (χ1v) is 5.87. The van der Waals surface area contributed by atoms with Gasteiger partial charge in [0.15, 0.2) is 0 Å². The summed E-state index contributed by atoms with van der Waals surface area (Å²) in [5, 5.41) is 9.15. The first-order chi connectivity index (χ1) is 8.97. The molecule has 0 aliphatic heterocycles. The second-order valence-corrected chi connectivity index (χ2v) is 4.46. The van der Waals surface area contributed by atoms with Gasteiger partial charge in [0.1, 0.15) is 5.92 Å². The fourth-order valence-electron chi connectivity index (χ4n) is 1.56. The quantitative estimate of drug-likeness (QED) is 0.805. The van der Waals surface area contributed by atoms with Crippen molar-refractivity contribution in [2.24, 2.45) is 0 Å². The number of likely N-dealkylation sites (N-methyl/N-ethyl adjacent to an activating group) is 2. The van der Waals surface area contributed by atoms with Crippen LogP contribution in [0.3, 0.4) is 0 Å². The van der Waals surface area contributed by atoms with Gasteiger partial charge < -0.3 is 9.80 Å². The molecule has 1 aromatic carbocycles. The van der Waals surface area contributed by atoms with Crippen LogP contribution in [0, 0.1) is 11.3 Å². The summed E-state index contributed by atoms with van der Waals surface area (Å²) in [7, 11) is 4.77. The number of rotatable bonds is 4. The Kier molecular flexibility index (Phi) is 5.07. The molecule has 0 bridgehead atoms. The third-order valence-electron chi connectivity index (χ3n) is 2.76. The maximum atomic E-state index is 12.2. The molecule has 1 aromatic rings. The van der Waals surface area contributed by atoms with Crippen molar-refractivity contribution < 1.29 is 9.59 Å². The monoisotopic (exact) mass is 259 g/mol. The predicted octanol–water partition coefficient (Wildman–Crippen LogP) is 0.840. The Bertz CT molecular complexity index is 491. The molecule has 0 radical (unpaired) electrons. The smallest absolute Gasteiger partial charge is 0.244 e. The van der Waals surface area contributed by atoms with E-state index in [4.69, 9.17) is 5.26 Å². The van der Waals surface area contributed by atoms with Crippen LogP contribution in [0.4, 0.5) is 0 Å². The average molecular weight is 259 g/mol. The van der Waals surface area contributed by atoms with Crippen LogP contribution in [0.15, 0.2) is 30.3 Å². The van der Waals surface area contributed by atoms with Gasteiger partial charge in [0.25, 0.3) is 0 Å². The van der Waals surface area contributed by atoms with E-state index in [9.17, 15) is 9.59 Å². The highest BCUT2D eigenvalue weighted by Crippen LogP contribution is 2.16. The summed E-state index contributed by atoms with van der Waals surface area (Å²) in [5.41, 5.74) is 0.638. The Morgan fingerprint density at radius 3 is 2.26 bits per heavy atom. The highest BCUT2D eigenvalue weighted by atomic mass is 16.2. The third-order valence-corrected chi connectivity index (χ3v) is 2.76. The van der Waals surface area contributed by atoms with E-state index in [-0.39, 0.29) is 18.4 Å². The molecule has 100 valence electrons. The molecule has 0 heterocycles. The summed E-state index contributed by atoms with van der Waals surface area (Å²) in [5.74, 6) is -1.43. The van der Waals surface area contributed by atoms with Gasteiger partial charge in [-0.15, -0.1) is 0 Å². The Labute approximate surface area is 113 Å². The van der Waals surface area contributed by atoms with Crippen molar-refractivity contribution >= 4 is 11.8 Å². The van der Waals surface area contributed by atoms with E-state index in [1.54, 1.807) is 38.4 Å². The van der Waals surface area contributed by atoms with Gasteiger partial charge in [0.05, 0.1) is 12.6 Å². The van der Waals surface area contributed by atoms with E-state index in [0.29, 0.717) is 5.56 Å². The molecule has 0 aromatic heterocycles. The van der Waals surface area contributed by atoms with E-state index >= 15 is 0 Å². The molecule has 1 atom stereocenters.